The summed E-state index contributed by atoms with van der Waals surface area (Å²) >= 11 is 0. The predicted octanol–water partition coefficient (Wildman–Crippen LogP) is -0.308. The van der Waals surface area contributed by atoms with E-state index in [1.165, 1.54) is 6.92 Å². The minimum atomic E-state index is -0.977. The van der Waals surface area contributed by atoms with E-state index in [1.807, 2.05) is 0 Å². The molecular formula is C11H18N2O4. The summed E-state index contributed by atoms with van der Waals surface area (Å²) in [5.41, 5.74) is 0. The van der Waals surface area contributed by atoms with Crippen LogP contribution < -0.4 is 5.32 Å². The molecule has 6 nitrogen and oxygen atoms in total. The number of nitrogens with one attached hydrogen (secondary N) is 1. The molecular weight excluding hydrogens is 224 g/mol. The Hall–Kier alpha value is -1.59. The molecule has 1 heterocycles. The lowest BCUT2D eigenvalue weighted by Crippen LogP contribution is -2.40. The second-order valence-corrected chi connectivity index (χ2v) is 4.34. The zero-order valence-corrected chi connectivity index (χ0v) is 10.1. The van der Waals surface area contributed by atoms with E-state index in [0.29, 0.717) is 19.6 Å². The van der Waals surface area contributed by atoms with Crippen LogP contribution in [0.3, 0.4) is 0 Å². The van der Waals surface area contributed by atoms with Gasteiger partial charge in [-0.3, -0.25) is 14.4 Å². The number of hydrogen-bond donors (Lipinski definition) is 2. The van der Waals surface area contributed by atoms with Gasteiger partial charge in [-0.1, -0.05) is 13.8 Å². The molecule has 2 amide bonds. The van der Waals surface area contributed by atoms with Crippen molar-refractivity contribution in [3.05, 3.63) is 0 Å². The van der Waals surface area contributed by atoms with Gasteiger partial charge < -0.3 is 15.3 Å². The number of amides is 2. The van der Waals surface area contributed by atoms with Gasteiger partial charge in [0.2, 0.25) is 11.8 Å². The van der Waals surface area contributed by atoms with Crippen molar-refractivity contribution in [2.45, 2.75) is 20.3 Å². The number of carbonyl (C=O) groups excluding carboxylic acids is 2. The van der Waals surface area contributed by atoms with E-state index in [-0.39, 0.29) is 18.2 Å². The summed E-state index contributed by atoms with van der Waals surface area (Å²) in [6.45, 7) is 4.37. The Morgan fingerprint density at radius 2 is 1.94 bits per heavy atom. The molecule has 2 atom stereocenters. The molecule has 0 aromatic rings. The molecule has 17 heavy (non-hydrogen) atoms. The molecule has 0 spiro atoms. The summed E-state index contributed by atoms with van der Waals surface area (Å²) in [4.78, 5) is 35.5. The lowest BCUT2D eigenvalue weighted by molar-refractivity contribution is -0.149. The maximum Gasteiger partial charge on any atom is 0.307 e. The predicted molar refractivity (Wildman–Crippen MR) is 60.2 cm³/mol. The average Bonchev–Trinajstić information content (AvgIpc) is 2.51. The first kappa shape index (κ1) is 13.5. The van der Waals surface area contributed by atoms with Crippen LogP contribution in [0.5, 0.6) is 0 Å². The zero-order valence-electron chi connectivity index (χ0n) is 10.1. The van der Waals surface area contributed by atoms with Gasteiger partial charge in [0.1, 0.15) is 0 Å². The molecule has 0 aliphatic carbocycles. The van der Waals surface area contributed by atoms with Gasteiger partial charge in [-0.15, -0.1) is 0 Å². The highest BCUT2D eigenvalue weighted by atomic mass is 16.4. The largest absolute Gasteiger partial charge is 0.481 e. The standard InChI is InChI=1S/C11H18N2O4/c1-7(8(2)11(16)17)10(15)13-5-3-9(14)12-4-6-13/h7-8H,3-6H2,1-2H3,(H,12,14)(H,16,17). The number of aliphatic carboxylic acids is 1. The number of nitrogens with zero attached hydrogens (tertiary/aromatic N) is 1. The number of rotatable bonds is 3. The van der Waals surface area contributed by atoms with Crippen LogP contribution in [0.1, 0.15) is 20.3 Å². The molecule has 1 fully saturated rings. The van der Waals surface area contributed by atoms with Gasteiger partial charge in [0.25, 0.3) is 0 Å². The van der Waals surface area contributed by atoms with Crippen LogP contribution in [0.4, 0.5) is 0 Å². The van der Waals surface area contributed by atoms with Crippen molar-refractivity contribution in [1.82, 2.24) is 10.2 Å². The first-order valence-corrected chi connectivity index (χ1v) is 5.71. The third kappa shape index (κ3) is 3.44. The SMILES string of the molecule is CC(C(=O)O)C(C)C(=O)N1CCNC(=O)CC1. The van der Waals surface area contributed by atoms with Crippen molar-refractivity contribution in [2.24, 2.45) is 11.8 Å². The van der Waals surface area contributed by atoms with E-state index in [2.05, 4.69) is 5.32 Å². The third-order valence-electron chi connectivity index (χ3n) is 3.15. The van der Waals surface area contributed by atoms with Crippen LogP contribution in [0.15, 0.2) is 0 Å². The summed E-state index contributed by atoms with van der Waals surface area (Å²) in [5, 5.41) is 11.5. The van der Waals surface area contributed by atoms with Crippen molar-refractivity contribution in [3.8, 4) is 0 Å². The second kappa shape index (κ2) is 5.65. The van der Waals surface area contributed by atoms with E-state index in [9.17, 15) is 14.4 Å². The summed E-state index contributed by atoms with van der Waals surface area (Å²) in [5.74, 6) is -2.53. The lowest BCUT2D eigenvalue weighted by Gasteiger charge is -2.25. The molecule has 0 aromatic heterocycles. The summed E-state index contributed by atoms with van der Waals surface area (Å²) in [7, 11) is 0. The molecule has 0 radical (unpaired) electrons. The Morgan fingerprint density at radius 1 is 1.29 bits per heavy atom. The fourth-order valence-corrected chi connectivity index (χ4v) is 1.70. The molecule has 0 aromatic carbocycles. The van der Waals surface area contributed by atoms with Crippen molar-refractivity contribution >= 4 is 17.8 Å². The molecule has 1 aliphatic rings. The van der Waals surface area contributed by atoms with Gasteiger partial charge in [0.05, 0.1) is 5.92 Å². The Balaban J connectivity index is 2.62. The van der Waals surface area contributed by atoms with Gasteiger partial charge in [-0.05, 0) is 0 Å². The fraction of sp³-hybridized carbons (Fsp3) is 0.727. The molecule has 0 saturated carbocycles. The molecule has 6 heteroatoms. The highest BCUT2D eigenvalue weighted by Crippen LogP contribution is 2.15. The van der Waals surface area contributed by atoms with Gasteiger partial charge in [0, 0.05) is 32.0 Å². The molecule has 1 rings (SSSR count). The first-order chi connectivity index (χ1) is 7.93. The van der Waals surface area contributed by atoms with Crippen molar-refractivity contribution in [1.29, 1.82) is 0 Å². The number of carboxylic acids is 1. The Labute approximate surface area is 100.0 Å². The second-order valence-electron chi connectivity index (χ2n) is 4.34. The number of carbonyl (C=O) groups is 3. The van der Waals surface area contributed by atoms with Crippen LogP contribution >= 0.6 is 0 Å². The fourth-order valence-electron chi connectivity index (χ4n) is 1.70. The van der Waals surface area contributed by atoms with Crippen LogP contribution in [0.2, 0.25) is 0 Å². The molecule has 2 N–H and O–H groups in total. The van der Waals surface area contributed by atoms with E-state index in [0.717, 1.165) is 0 Å². The van der Waals surface area contributed by atoms with Crippen molar-refractivity contribution < 1.29 is 19.5 Å². The minimum Gasteiger partial charge on any atom is -0.481 e. The van der Waals surface area contributed by atoms with Gasteiger partial charge in [-0.2, -0.15) is 0 Å². The van der Waals surface area contributed by atoms with Crippen LogP contribution in [0, 0.1) is 11.8 Å². The maximum absolute atomic E-state index is 12.0. The smallest absolute Gasteiger partial charge is 0.307 e. The topological polar surface area (TPSA) is 86.7 Å². The highest BCUT2D eigenvalue weighted by molar-refractivity contribution is 5.85. The Morgan fingerprint density at radius 3 is 2.53 bits per heavy atom. The number of hydrogen-bond acceptors (Lipinski definition) is 3. The molecule has 96 valence electrons. The number of carboxylic acid groups (broad SMARTS) is 1. The lowest BCUT2D eigenvalue weighted by atomic mass is 9.94. The zero-order chi connectivity index (χ0) is 13.0. The normalized spacial score (nSPS) is 20.1. The Kier molecular flexibility index (Phi) is 4.48. The molecule has 0 bridgehead atoms. The summed E-state index contributed by atoms with van der Waals surface area (Å²) in [6.07, 6.45) is 0.278. The molecule has 1 aliphatic heterocycles. The molecule has 2 unspecified atom stereocenters. The van der Waals surface area contributed by atoms with Crippen LogP contribution in [-0.2, 0) is 14.4 Å². The van der Waals surface area contributed by atoms with E-state index >= 15 is 0 Å². The van der Waals surface area contributed by atoms with Gasteiger partial charge in [-0.25, -0.2) is 0 Å². The third-order valence-corrected chi connectivity index (χ3v) is 3.15. The van der Waals surface area contributed by atoms with Crippen molar-refractivity contribution in [3.63, 3.8) is 0 Å². The van der Waals surface area contributed by atoms with E-state index in [4.69, 9.17) is 5.11 Å². The van der Waals surface area contributed by atoms with E-state index < -0.39 is 17.8 Å². The summed E-state index contributed by atoms with van der Waals surface area (Å²) in [6, 6.07) is 0. The monoisotopic (exact) mass is 242 g/mol. The summed E-state index contributed by atoms with van der Waals surface area (Å²) < 4.78 is 0. The quantitative estimate of drug-likeness (QED) is 0.711. The first-order valence-electron chi connectivity index (χ1n) is 5.71. The van der Waals surface area contributed by atoms with Gasteiger partial charge >= 0.3 is 5.97 Å². The maximum atomic E-state index is 12.0. The average molecular weight is 242 g/mol. The van der Waals surface area contributed by atoms with Crippen LogP contribution in [0.25, 0.3) is 0 Å². The minimum absolute atomic E-state index is 0.0702. The van der Waals surface area contributed by atoms with E-state index in [1.54, 1.807) is 11.8 Å². The van der Waals surface area contributed by atoms with Crippen molar-refractivity contribution in [2.75, 3.05) is 19.6 Å². The molecule has 1 saturated heterocycles. The Bertz CT molecular complexity index is 329. The van der Waals surface area contributed by atoms with Gasteiger partial charge in [0.15, 0.2) is 0 Å². The van der Waals surface area contributed by atoms with Crippen LogP contribution in [-0.4, -0.2) is 47.4 Å². The highest BCUT2D eigenvalue weighted by Gasteiger charge is 2.30.